The van der Waals surface area contributed by atoms with Crippen molar-refractivity contribution in [2.75, 3.05) is 31.1 Å². The van der Waals surface area contributed by atoms with Crippen molar-refractivity contribution in [3.63, 3.8) is 0 Å². The Balaban J connectivity index is 1.32. The van der Waals surface area contributed by atoms with Gasteiger partial charge in [-0.25, -0.2) is 0 Å². The molecule has 0 spiro atoms. The van der Waals surface area contributed by atoms with E-state index in [1.54, 1.807) is 0 Å². The molecule has 2 aliphatic heterocycles. The number of carbonyl (C=O) groups excluding carboxylic acids is 2. The van der Waals surface area contributed by atoms with Gasteiger partial charge in [-0.05, 0) is 43.5 Å². The molecule has 5 nitrogen and oxygen atoms in total. The minimum absolute atomic E-state index is 0.0754. The summed E-state index contributed by atoms with van der Waals surface area (Å²) in [6.45, 7) is 8.58. The number of fused-ring (bicyclic) bond motifs is 2. The van der Waals surface area contributed by atoms with Crippen LogP contribution in [0.15, 0.2) is 58.3 Å². The highest BCUT2D eigenvalue weighted by Crippen LogP contribution is 2.47. The molecule has 0 aromatic heterocycles. The Hall–Kier alpha value is -2.47. The molecule has 1 atom stereocenters. The Morgan fingerprint density at radius 1 is 1.03 bits per heavy atom. The van der Waals surface area contributed by atoms with Gasteiger partial charge in [-0.1, -0.05) is 56.8 Å². The minimum atomic E-state index is -0.405. The molecule has 2 aromatic carbocycles. The van der Waals surface area contributed by atoms with Crippen LogP contribution in [0.25, 0.3) is 0 Å². The summed E-state index contributed by atoms with van der Waals surface area (Å²) >= 11 is 1.81. The van der Waals surface area contributed by atoms with Crippen molar-refractivity contribution in [2.24, 2.45) is 11.3 Å². The fraction of sp³-hybridized carbons (Fsp3) is 0.462. The molecule has 1 saturated heterocycles. The van der Waals surface area contributed by atoms with Crippen molar-refractivity contribution in [2.45, 2.75) is 49.8 Å². The minimum Gasteiger partial charge on any atom is -0.356 e. The van der Waals surface area contributed by atoms with E-state index >= 15 is 0 Å². The van der Waals surface area contributed by atoms with Gasteiger partial charge in [-0.2, -0.15) is 0 Å². The summed E-state index contributed by atoms with van der Waals surface area (Å²) in [7, 11) is 0. The van der Waals surface area contributed by atoms with E-state index in [1.807, 2.05) is 37.4 Å². The van der Waals surface area contributed by atoms with Gasteiger partial charge >= 0.3 is 0 Å². The van der Waals surface area contributed by atoms with Gasteiger partial charge in [0.2, 0.25) is 11.8 Å². The molecule has 32 heavy (non-hydrogen) atoms. The monoisotopic (exact) mass is 451 g/mol. The Bertz CT molecular complexity index is 940. The number of piperidine rings is 1. The van der Waals surface area contributed by atoms with E-state index in [0.29, 0.717) is 13.1 Å². The number of hydrogen-bond donors (Lipinski definition) is 1. The van der Waals surface area contributed by atoms with Gasteiger partial charge in [0, 0.05) is 41.4 Å². The van der Waals surface area contributed by atoms with Crippen LogP contribution in [0.3, 0.4) is 0 Å². The van der Waals surface area contributed by atoms with E-state index in [1.165, 1.54) is 21.2 Å². The average Bonchev–Trinajstić information content (AvgIpc) is 2.80. The Morgan fingerprint density at radius 3 is 2.28 bits per heavy atom. The number of nitrogens with one attached hydrogen (secondary N) is 1. The standard InChI is InChI=1S/C26H33N3O2S/c1-26(2,3)25(31)28-16-8-10-19(18-28)24(30)27-15-9-17-29-20-11-4-6-13-22(20)32-23-14-7-5-12-21(23)29/h4-7,11-14,19H,8-10,15-18H2,1-3H3,(H,27,30). The van der Waals surface area contributed by atoms with Gasteiger partial charge in [0.15, 0.2) is 0 Å². The van der Waals surface area contributed by atoms with Crippen molar-refractivity contribution >= 4 is 35.0 Å². The molecular weight excluding hydrogens is 418 g/mol. The van der Waals surface area contributed by atoms with Gasteiger partial charge < -0.3 is 15.1 Å². The van der Waals surface area contributed by atoms with Crippen LogP contribution >= 0.6 is 11.8 Å². The van der Waals surface area contributed by atoms with Crippen LogP contribution in [0.2, 0.25) is 0 Å². The molecule has 170 valence electrons. The third-order valence-electron chi connectivity index (χ3n) is 6.11. The van der Waals surface area contributed by atoms with Crippen molar-refractivity contribution in [3.05, 3.63) is 48.5 Å². The van der Waals surface area contributed by atoms with E-state index in [9.17, 15) is 9.59 Å². The summed E-state index contributed by atoms with van der Waals surface area (Å²) in [5.41, 5.74) is 2.05. The first-order valence-corrected chi connectivity index (χ1v) is 12.4. The number of para-hydroxylation sites is 2. The van der Waals surface area contributed by atoms with Crippen molar-refractivity contribution < 1.29 is 9.59 Å². The molecule has 6 heteroatoms. The summed E-state index contributed by atoms with van der Waals surface area (Å²) in [5, 5.41) is 3.13. The SMILES string of the molecule is CC(C)(C)C(=O)N1CCCC(C(=O)NCCCN2c3ccccc3Sc3ccccc32)C1. The second-order valence-corrected chi connectivity index (χ2v) is 10.8. The first kappa shape index (κ1) is 22.7. The van der Waals surface area contributed by atoms with E-state index in [2.05, 4.69) is 58.7 Å². The first-order valence-electron chi connectivity index (χ1n) is 11.5. The van der Waals surface area contributed by atoms with Crippen LogP contribution < -0.4 is 10.2 Å². The second kappa shape index (κ2) is 9.57. The molecule has 0 radical (unpaired) electrons. The van der Waals surface area contributed by atoms with Gasteiger partial charge in [0.1, 0.15) is 0 Å². The molecular formula is C26H33N3O2S. The molecule has 0 aliphatic carbocycles. The number of carbonyl (C=O) groups is 2. The predicted molar refractivity (Wildman–Crippen MR) is 130 cm³/mol. The molecule has 1 unspecified atom stereocenters. The van der Waals surface area contributed by atoms with Crippen LogP contribution in [-0.2, 0) is 9.59 Å². The summed E-state index contributed by atoms with van der Waals surface area (Å²) in [6, 6.07) is 17.0. The van der Waals surface area contributed by atoms with Gasteiger partial charge in [-0.15, -0.1) is 0 Å². The lowest BCUT2D eigenvalue weighted by molar-refractivity contribution is -0.142. The molecule has 0 bridgehead atoms. The number of amides is 2. The number of likely N-dealkylation sites (tertiary alicyclic amines) is 1. The Labute approximate surface area is 195 Å². The quantitative estimate of drug-likeness (QED) is 0.644. The topological polar surface area (TPSA) is 52.7 Å². The molecule has 4 rings (SSSR count). The van der Waals surface area contributed by atoms with E-state index < -0.39 is 5.41 Å². The fourth-order valence-electron chi connectivity index (χ4n) is 4.47. The molecule has 2 amide bonds. The van der Waals surface area contributed by atoms with Crippen LogP contribution in [0, 0.1) is 11.3 Å². The molecule has 1 N–H and O–H groups in total. The summed E-state index contributed by atoms with van der Waals surface area (Å²) in [5.74, 6) is 0.101. The zero-order valence-corrected chi connectivity index (χ0v) is 20.1. The molecule has 0 saturated carbocycles. The fourth-order valence-corrected chi connectivity index (χ4v) is 5.56. The second-order valence-electron chi connectivity index (χ2n) is 9.67. The van der Waals surface area contributed by atoms with E-state index in [0.717, 1.165) is 32.4 Å². The number of rotatable bonds is 5. The zero-order chi connectivity index (χ0) is 22.7. The number of nitrogens with zero attached hydrogens (tertiary/aromatic N) is 2. The van der Waals surface area contributed by atoms with Crippen molar-refractivity contribution in [1.29, 1.82) is 0 Å². The number of benzene rings is 2. The summed E-state index contributed by atoms with van der Waals surface area (Å²) in [4.78, 5) is 32.2. The molecule has 2 aliphatic rings. The maximum Gasteiger partial charge on any atom is 0.227 e. The summed E-state index contributed by atoms with van der Waals surface area (Å²) in [6.07, 6.45) is 2.60. The maximum atomic E-state index is 12.8. The van der Waals surface area contributed by atoms with Crippen molar-refractivity contribution in [3.8, 4) is 0 Å². The highest BCUT2D eigenvalue weighted by Gasteiger charge is 2.33. The van der Waals surface area contributed by atoms with Crippen LogP contribution in [-0.4, -0.2) is 42.9 Å². The lowest BCUT2D eigenvalue weighted by Gasteiger charge is -2.36. The van der Waals surface area contributed by atoms with Crippen LogP contribution in [0.4, 0.5) is 11.4 Å². The van der Waals surface area contributed by atoms with Gasteiger partial charge in [0.25, 0.3) is 0 Å². The zero-order valence-electron chi connectivity index (χ0n) is 19.3. The lowest BCUT2D eigenvalue weighted by Crippen LogP contribution is -2.48. The largest absolute Gasteiger partial charge is 0.356 e. The molecule has 2 aromatic rings. The lowest BCUT2D eigenvalue weighted by atomic mass is 9.91. The number of anilines is 2. The third kappa shape index (κ3) is 4.96. The van der Waals surface area contributed by atoms with E-state index in [4.69, 9.17) is 0 Å². The number of hydrogen-bond acceptors (Lipinski definition) is 4. The van der Waals surface area contributed by atoms with Crippen LogP contribution in [0.1, 0.15) is 40.0 Å². The highest BCUT2D eigenvalue weighted by molar-refractivity contribution is 7.99. The maximum absolute atomic E-state index is 12.8. The van der Waals surface area contributed by atoms with Crippen LogP contribution in [0.5, 0.6) is 0 Å². The predicted octanol–water partition coefficient (Wildman–Crippen LogP) is 5.08. The summed E-state index contributed by atoms with van der Waals surface area (Å²) < 4.78 is 0. The van der Waals surface area contributed by atoms with Gasteiger partial charge in [0.05, 0.1) is 17.3 Å². The Morgan fingerprint density at radius 2 is 1.66 bits per heavy atom. The van der Waals surface area contributed by atoms with Gasteiger partial charge in [-0.3, -0.25) is 9.59 Å². The molecule has 1 fully saturated rings. The third-order valence-corrected chi connectivity index (χ3v) is 7.24. The normalized spacial score (nSPS) is 18.0. The average molecular weight is 452 g/mol. The highest BCUT2D eigenvalue weighted by atomic mass is 32.2. The smallest absolute Gasteiger partial charge is 0.227 e. The van der Waals surface area contributed by atoms with Crippen molar-refractivity contribution in [1.82, 2.24) is 10.2 Å². The first-order chi connectivity index (χ1) is 15.3. The van der Waals surface area contributed by atoms with E-state index in [-0.39, 0.29) is 17.7 Å². The Kier molecular flexibility index (Phi) is 6.79. The molecule has 2 heterocycles.